The predicted molar refractivity (Wildman–Crippen MR) is 153 cm³/mol. The molecule has 17 nitrogen and oxygen atoms in total. The van der Waals surface area contributed by atoms with Crippen LogP contribution in [0.2, 0.25) is 0 Å². The molecular formula is C26H39N6O11P. The second-order valence-corrected chi connectivity index (χ2v) is 12.1. The van der Waals surface area contributed by atoms with Gasteiger partial charge in [0.05, 0.1) is 26.5 Å². The summed E-state index contributed by atoms with van der Waals surface area (Å²) in [7, 11) is -1.98. The number of hydrogen-bond acceptors (Lipinski definition) is 14. The minimum Gasteiger partial charge on any atom is -0.468 e. The van der Waals surface area contributed by atoms with Crippen molar-refractivity contribution in [1.29, 1.82) is 0 Å². The molecule has 1 saturated heterocycles. The molecule has 0 radical (unpaired) electrons. The Morgan fingerprint density at radius 2 is 1.61 bits per heavy atom. The van der Waals surface area contributed by atoms with Crippen LogP contribution in [0, 0.1) is 0 Å². The minimum atomic E-state index is -4.28. The molecule has 1 aliphatic rings. The van der Waals surface area contributed by atoms with Gasteiger partial charge in [0.15, 0.2) is 18.0 Å². The average molecular weight is 643 g/mol. The van der Waals surface area contributed by atoms with Crippen LogP contribution in [0.4, 0.5) is 5.82 Å². The van der Waals surface area contributed by atoms with Crippen LogP contribution in [0.1, 0.15) is 59.3 Å². The second kappa shape index (κ2) is 14.4. The topological polar surface area (TPSA) is 221 Å². The summed E-state index contributed by atoms with van der Waals surface area (Å²) in [5.41, 5.74) is 5.24. The number of carbonyl (C=O) groups excluding carboxylic acids is 4. The number of ether oxygens (including phenoxy) is 5. The van der Waals surface area contributed by atoms with Gasteiger partial charge in [0, 0.05) is 12.8 Å². The van der Waals surface area contributed by atoms with Gasteiger partial charge in [-0.25, -0.2) is 19.7 Å². The van der Waals surface area contributed by atoms with Crippen molar-refractivity contribution in [1.82, 2.24) is 24.8 Å². The summed E-state index contributed by atoms with van der Waals surface area (Å²) in [6.07, 6.45) is -2.32. The van der Waals surface area contributed by atoms with Gasteiger partial charge in [0.1, 0.15) is 35.6 Å². The molecule has 3 heterocycles. The highest BCUT2D eigenvalue weighted by molar-refractivity contribution is 7.54. The van der Waals surface area contributed by atoms with Crippen molar-refractivity contribution in [3.05, 3.63) is 24.2 Å². The lowest BCUT2D eigenvalue weighted by atomic mass is 9.96. The van der Waals surface area contributed by atoms with Crippen molar-refractivity contribution in [3.8, 4) is 0 Å². The first-order valence-electron chi connectivity index (χ1n) is 13.8. The van der Waals surface area contributed by atoms with Gasteiger partial charge in [-0.2, -0.15) is 5.10 Å². The van der Waals surface area contributed by atoms with Gasteiger partial charge in [-0.3, -0.25) is 23.7 Å². The number of nitrogen functional groups attached to an aromatic ring is 1. The number of anilines is 1. The van der Waals surface area contributed by atoms with Crippen LogP contribution in [-0.2, 0) is 52.0 Å². The molecule has 0 amide bonds. The van der Waals surface area contributed by atoms with Crippen molar-refractivity contribution < 1.29 is 52.0 Å². The Balaban J connectivity index is 2.06. The molecular weight excluding hydrogens is 603 g/mol. The molecule has 18 heteroatoms. The highest BCUT2D eigenvalue weighted by Gasteiger charge is 2.58. The Bertz CT molecular complexity index is 1390. The molecule has 0 aromatic carbocycles. The normalized spacial score (nSPS) is 23.1. The number of esters is 4. The van der Waals surface area contributed by atoms with Crippen LogP contribution in [-0.4, -0.2) is 89.2 Å². The molecule has 0 spiro atoms. The maximum Gasteiger partial charge on any atom is 0.342 e. The number of fused-ring (bicyclic) bond motifs is 1. The molecule has 0 aliphatic carbocycles. The van der Waals surface area contributed by atoms with Gasteiger partial charge in [-0.15, -0.1) is 0 Å². The first-order chi connectivity index (χ1) is 20.7. The Morgan fingerprint density at radius 1 is 1.05 bits per heavy atom. The van der Waals surface area contributed by atoms with E-state index in [1.807, 2.05) is 0 Å². The molecule has 3 rings (SSSR count). The van der Waals surface area contributed by atoms with E-state index in [0.717, 1.165) is 14.2 Å². The Labute approximate surface area is 254 Å². The fourth-order valence-corrected chi connectivity index (χ4v) is 6.43. The van der Waals surface area contributed by atoms with Gasteiger partial charge < -0.3 is 33.9 Å². The van der Waals surface area contributed by atoms with Crippen LogP contribution in [0.15, 0.2) is 18.5 Å². The molecule has 244 valence electrons. The summed E-state index contributed by atoms with van der Waals surface area (Å²) in [6, 6.07) is 1.01. The van der Waals surface area contributed by atoms with Gasteiger partial charge >= 0.3 is 31.5 Å². The summed E-state index contributed by atoms with van der Waals surface area (Å²) in [6.45, 7) is 6.92. The molecule has 2 aromatic rings. The SMILES string of the molecule is CCC(=O)O[C@H]1[C@H](c2ccc3c(N)ncnn23)O[C@](C)(COP(=O)(N[C@@H](C)C(=O)OC)N[C@@H](C)C(=O)OC)[C@H]1OC(=O)CC. The van der Waals surface area contributed by atoms with Crippen molar-refractivity contribution >= 4 is 42.9 Å². The van der Waals surface area contributed by atoms with Gasteiger partial charge in [-0.1, -0.05) is 13.8 Å². The summed E-state index contributed by atoms with van der Waals surface area (Å²) in [5, 5.41) is 9.32. The average Bonchev–Trinajstić information content (AvgIpc) is 3.55. The van der Waals surface area contributed by atoms with Crippen LogP contribution < -0.4 is 15.9 Å². The van der Waals surface area contributed by atoms with E-state index in [-0.39, 0.29) is 18.7 Å². The highest BCUT2D eigenvalue weighted by Crippen LogP contribution is 2.47. The van der Waals surface area contributed by atoms with Gasteiger partial charge in [0.25, 0.3) is 0 Å². The van der Waals surface area contributed by atoms with Crippen LogP contribution in [0.25, 0.3) is 5.52 Å². The maximum absolute atomic E-state index is 14.0. The fourth-order valence-electron chi connectivity index (χ4n) is 4.54. The predicted octanol–water partition coefficient (Wildman–Crippen LogP) is 1.21. The number of hydrogen-bond donors (Lipinski definition) is 3. The first-order valence-corrected chi connectivity index (χ1v) is 15.5. The molecule has 6 atom stereocenters. The van der Waals surface area contributed by atoms with Gasteiger partial charge in [0.2, 0.25) is 0 Å². The first kappa shape index (κ1) is 34.9. The number of nitrogens with two attached hydrogens (primary N) is 1. The second-order valence-electron chi connectivity index (χ2n) is 10.2. The van der Waals surface area contributed by atoms with E-state index in [1.54, 1.807) is 26.0 Å². The standard InChI is InChI=1S/C26H39N6O11P/c1-8-18(33)41-21-20(16-10-11-17-23(27)28-13-29-32(16)17)43-26(5,22(21)42-19(34)9-2)12-40-44(37,30-14(3)24(35)38-6)31-15(4)25(36)39-7/h10-11,13-15,20-22H,8-9,12H2,1-7H3,(H2,27,28,29)(H2,30,31,37)/t14-,15-,20-,21-,22-,26+/m0/s1. The third-order valence-electron chi connectivity index (χ3n) is 6.87. The quantitative estimate of drug-likeness (QED) is 0.150. The number of carbonyl (C=O) groups is 4. The lowest BCUT2D eigenvalue weighted by Gasteiger charge is -2.33. The molecule has 44 heavy (non-hydrogen) atoms. The fraction of sp³-hybridized carbons (Fsp3) is 0.615. The zero-order valence-electron chi connectivity index (χ0n) is 25.6. The Kier molecular flexibility index (Phi) is 11.4. The van der Waals surface area contributed by atoms with E-state index < -0.39 is 74.2 Å². The van der Waals surface area contributed by atoms with E-state index in [0.29, 0.717) is 11.2 Å². The van der Waals surface area contributed by atoms with Crippen molar-refractivity contribution in [2.75, 3.05) is 26.6 Å². The van der Waals surface area contributed by atoms with Crippen LogP contribution in [0.3, 0.4) is 0 Å². The highest BCUT2D eigenvalue weighted by atomic mass is 31.2. The van der Waals surface area contributed by atoms with Crippen LogP contribution in [0.5, 0.6) is 0 Å². The summed E-state index contributed by atoms with van der Waals surface area (Å²) >= 11 is 0. The number of aromatic nitrogens is 3. The zero-order valence-corrected chi connectivity index (χ0v) is 26.5. The summed E-state index contributed by atoms with van der Waals surface area (Å²) in [4.78, 5) is 53.5. The molecule has 1 aliphatic heterocycles. The Hall–Kier alpha value is -3.63. The van der Waals surface area contributed by atoms with Crippen molar-refractivity contribution in [3.63, 3.8) is 0 Å². The number of nitrogens with zero attached hydrogens (tertiary/aromatic N) is 3. The zero-order chi connectivity index (χ0) is 32.8. The van der Waals surface area contributed by atoms with E-state index in [2.05, 4.69) is 20.3 Å². The maximum atomic E-state index is 14.0. The van der Waals surface area contributed by atoms with E-state index >= 15 is 0 Å². The molecule has 0 bridgehead atoms. The number of nitrogens with one attached hydrogen (secondary N) is 2. The van der Waals surface area contributed by atoms with E-state index in [4.69, 9.17) is 33.9 Å². The van der Waals surface area contributed by atoms with Crippen LogP contribution >= 0.6 is 7.67 Å². The molecule has 1 fully saturated rings. The largest absolute Gasteiger partial charge is 0.468 e. The van der Waals surface area contributed by atoms with Crippen molar-refractivity contribution in [2.24, 2.45) is 0 Å². The molecule has 0 saturated carbocycles. The minimum absolute atomic E-state index is 0.00870. The number of rotatable bonds is 14. The van der Waals surface area contributed by atoms with E-state index in [1.165, 1.54) is 31.6 Å². The Morgan fingerprint density at radius 3 is 2.16 bits per heavy atom. The van der Waals surface area contributed by atoms with Crippen molar-refractivity contribution in [2.45, 2.75) is 83.5 Å². The molecule has 0 unspecified atom stereocenters. The molecule has 4 N–H and O–H groups in total. The third-order valence-corrected chi connectivity index (χ3v) is 8.82. The van der Waals surface area contributed by atoms with Gasteiger partial charge in [-0.05, 0) is 32.9 Å². The molecule has 2 aromatic heterocycles. The summed E-state index contributed by atoms with van der Waals surface area (Å²) in [5.74, 6) is -2.56. The summed E-state index contributed by atoms with van der Waals surface area (Å²) < 4.78 is 48.8. The lowest BCUT2D eigenvalue weighted by Crippen LogP contribution is -2.49. The van der Waals surface area contributed by atoms with E-state index in [9.17, 15) is 23.7 Å². The number of methoxy groups -OCH3 is 2. The third kappa shape index (κ3) is 7.71. The monoisotopic (exact) mass is 642 g/mol. The smallest absolute Gasteiger partial charge is 0.342 e. The lowest BCUT2D eigenvalue weighted by molar-refractivity contribution is -0.171.